The SMILES string of the molecule is CN(C)C(=O)CN1CCC(Nc2cc(Br)ccc2Br)CC1. The first-order chi connectivity index (χ1) is 9.95. The summed E-state index contributed by atoms with van der Waals surface area (Å²) in [7, 11) is 3.61. The van der Waals surface area contributed by atoms with Crippen molar-refractivity contribution in [1.29, 1.82) is 0 Å². The largest absolute Gasteiger partial charge is 0.381 e. The first kappa shape index (κ1) is 16.8. The Morgan fingerprint density at radius 3 is 2.62 bits per heavy atom. The molecule has 0 saturated carbocycles. The van der Waals surface area contributed by atoms with Crippen LogP contribution in [0.5, 0.6) is 0 Å². The molecule has 0 bridgehead atoms. The van der Waals surface area contributed by atoms with E-state index in [2.05, 4.69) is 48.1 Å². The van der Waals surface area contributed by atoms with Crippen molar-refractivity contribution in [2.24, 2.45) is 0 Å². The molecule has 6 heteroatoms. The predicted molar refractivity (Wildman–Crippen MR) is 93.6 cm³/mol. The zero-order valence-electron chi connectivity index (χ0n) is 12.4. The van der Waals surface area contributed by atoms with Gasteiger partial charge in [-0.2, -0.15) is 0 Å². The lowest BCUT2D eigenvalue weighted by atomic mass is 10.0. The molecule has 1 heterocycles. The summed E-state index contributed by atoms with van der Waals surface area (Å²) in [4.78, 5) is 15.6. The van der Waals surface area contributed by atoms with Crippen LogP contribution in [0.3, 0.4) is 0 Å². The van der Waals surface area contributed by atoms with E-state index in [0.717, 1.165) is 40.6 Å². The van der Waals surface area contributed by atoms with Crippen molar-refractivity contribution in [2.75, 3.05) is 39.0 Å². The summed E-state index contributed by atoms with van der Waals surface area (Å²) < 4.78 is 2.15. The molecule has 1 aliphatic rings. The molecule has 116 valence electrons. The van der Waals surface area contributed by atoms with Crippen LogP contribution in [0.2, 0.25) is 0 Å². The number of hydrogen-bond acceptors (Lipinski definition) is 3. The van der Waals surface area contributed by atoms with E-state index in [1.807, 2.05) is 12.1 Å². The molecule has 1 aromatic carbocycles. The molecule has 0 atom stereocenters. The van der Waals surface area contributed by atoms with E-state index >= 15 is 0 Å². The summed E-state index contributed by atoms with van der Waals surface area (Å²) in [6.07, 6.45) is 2.11. The van der Waals surface area contributed by atoms with Gasteiger partial charge in [0.2, 0.25) is 5.91 Å². The number of piperidine rings is 1. The average molecular weight is 419 g/mol. The molecule has 1 N–H and O–H groups in total. The third kappa shape index (κ3) is 4.97. The molecule has 21 heavy (non-hydrogen) atoms. The number of likely N-dealkylation sites (tertiary alicyclic amines) is 1. The fourth-order valence-corrected chi connectivity index (χ4v) is 3.12. The fourth-order valence-electron chi connectivity index (χ4n) is 2.40. The van der Waals surface area contributed by atoms with Crippen LogP contribution >= 0.6 is 31.9 Å². The molecule has 1 saturated heterocycles. The second-order valence-corrected chi connectivity index (χ2v) is 7.38. The van der Waals surface area contributed by atoms with Crippen LogP contribution in [0.15, 0.2) is 27.1 Å². The number of hydrogen-bond donors (Lipinski definition) is 1. The summed E-state index contributed by atoms with van der Waals surface area (Å²) in [5.74, 6) is 0.177. The van der Waals surface area contributed by atoms with Gasteiger partial charge in [0, 0.05) is 47.9 Å². The zero-order chi connectivity index (χ0) is 15.4. The van der Waals surface area contributed by atoms with Crippen LogP contribution < -0.4 is 5.32 Å². The van der Waals surface area contributed by atoms with Gasteiger partial charge in [-0.3, -0.25) is 9.69 Å². The smallest absolute Gasteiger partial charge is 0.236 e. The Hall–Kier alpha value is -0.590. The number of nitrogens with one attached hydrogen (secondary N) is 1. The maximum Gasteiger partial charge on any atom is 0.236 e. The first-order valence-corrected chi connectivity index (χ1v) is 8.68. The predicted octanol–water partition coefficient (Wildman–Crippen LogP) is 3.18. The van der Waals surface area contributed by atoms with Crippen molar-refractivity contribution in [3.05, 3.63) is 27.1 Å². The van der Waals surface area contributed by atoms with Gasteiger partial charge in [-0.25, -0.2) is 0 Å². The van der Waals surface area contributed by atoms with Crippen molar-refractivity contribution in [3.63, 3.8) is 0 Å². The number of benzene rings is 1. The van der Waals surface area contributed by atoms with E-state index < -0.39 is 0 Å². The number of nitrogens with zero attached hydrogens (tertiary/aromatic N) is 2. The lowest BCUT2D eigenvalue weighted by Gasteiger charge is -2.33. The van der Waals surface area contributed by atoms with Crippen molar-refractivity contribution in [3.8, 4) is 0 Å². The monoisotopic (exact) mass is 417 g/mol. The van der Waals surface area contributed by atoms with Crippen molar-refractivity contribution >= 4 is 43.5 Å². The van der Waals surface area contributed by atoms with E-state index in [4.69, 9.17) is 0 Å². The second-order valence-electron chi connectivity index (χ2n) is 5.61. The minimum absolute atomic E-state index is 0.177. The number of amides is 1. The Morgan fingerprint density at radius 1 is 1.33 bits per heavy atom. The molecule has 0 aliphatic carbocycles. The number of halogens is 2. The van der Waals surface area contributed by atoms with Gasteiger partial charge >= 0.3 is 0 Å². The molecule has 1 amide bonds. The van der Waals surface area contributed by atoms with Crippen LogP contribution in [0, 0.1) is 0 Å². The molecule has 0 aromatic heterocycles. The molecular formula is C15H21Br2N3O. The maximum atomic E-state index is 11.7. The highest BCUT2D eigenvalue weighted by Crippen LogP contribution is 2.28. The summed E-state index contributed by atoms with van der Waals surface area (Å²) in [6, 6.07) is 6.61. The van der Waals surface area contributed by atoms with Gasteiger partial charge in [-0.1, -0.05) is 15.9 Å². The Labute approximate surface area is 143 Å². The Balaban J connectivity index is 1.84. The normalized spacial score (nSPS) is 16.8. The Morgan fingerprint density at radius 2 is 2.00 bits per heavy atom. The van der Waals surface area contributed by atoms with E-state index in [0.29, 0.717) is 12.6 Å². The van der Waals surface area contributed by atoms with E-state index in [1.165, 1.54) is 0 Å². The second kappa shape index (κ2) is 7.61. The van der Waals surface area contributed by atoms with Gasteiger partial charge < -0.3 is 10.2 Å². The van der Waals surface area contributed by atoms with Gasteiger partial charge in [0.1, 0.15) is 0 Å². The van der Waals surface area contributed by atoms with Crippen molar-refractivity contribution < 1.29 is 4.79 Å². The molecular weight excluding hydrogens is 398 g/mol. The van der Waals surface area contributed by atoms with Gasteiger partial charge in [-0.15, -0.1) is 0 Å². The fraction of sp³-hybridized carbons (Fsp3) is 0.533. The number of rotatable bonds is 4. The lowest BCUT2D eigenvalue weighted by molar-refractivity contribution is -0.130. The van der Waals surface area contributed by atoms with Crippen molar-refractivity contribution in [1.82, 2.24) is 9.80 Å². The molecule has 1 aliphatic heterocycles. The topological polar surface area (TPSA) is 35.6 Å². The third-order valence-corrected chi connectivity index (χ3v) is 4.92. The van der Waals surface area contributed by atoms with E-state index in [-0.39, 0.29) is 5.91 Å². The van der Waals surface area contributed by atoms with Gasteiger partial charge in [0.25, 0.3) is 0 Å². The average Bonchev–Trinajstić information content (AvgIpc) is 2.45. The van der Waals surface area contributed by atoms with Crippen LogP contribution in [0.4, 0.5) is 5.69 Å². The summed E-state index contributed by atoms with van der Waals surface area (Å²) >= 11 is 7.07. The molecule has 2 rings (SSSR count). The lowest BCUT2D eigenvalue weighted by Crippen LogP contribution is -2.43. The summed E-state index contributed by atoms with van der Waals surface area (Å²) in [5, 5.41) is 3.59. The van der Waals surface area contributed by atoms with Crippen molar-refractivity contribution in [2.45, 2.75) is 18.9 Å². The summed E-state index contributed by atoms with van der Waals surface area (Å²) in [5.41, 5.74) is 1.12. The number of anilines is 1. The van der Waals surface area contributed by atoms with Gasteiger partial charge in [0.15, 0.2) is 0 Å². The molecule has 1 fully saturated rings. The molecule has 0 radical (unpaired) electrons. The summed E-state index contributed by atoms with van der Waals surface area (Å²) in [6.45, 7) is 2.45. The van der Waals surface area contributed by atoms with Crippen LogP contribution in [-0.4, -0.2) is 55.5 Å². The highest BCUT2D eigenvalue weighted by atomic mass is 79.9. The van der Waals surface area contributed by atoms with E-state index in [1.54, 1.807) is 19.0 Å². The van der Waals surface area contributed by atoms with Gasteiger partial charge in [-0.05, 0) is 47.0 Å². The molecule has 0 unspecified atom stereocenters. The van der Waals surface area contributed by atoms with Crippen LogP contribution in [-0.2, 0) is 4.79 Å². The Kier molecular flexibility index (Phi) is 6.08. The highest BCUT2D eigenvalue weighted by Gasteiger charge is 2.21. The minimum Gasteiger partial charge on any atom is -0.381 e. The Bertz CT molecular complexity index is 500. The molecule has 4 nitrogen and oxygen atoms in total. The minimum atomic E-state index is 0.177. The number of carbonyl (C=O) groups excluding carboxylic acids is 1. The number of carbonyl (C=O) groups is 1. The third-order valence-electron chi connectivity index (χ3n) is 3.73. The quantitative estimate of drug-likeness (QED) is 0.815. The van der Waals surface area contributed by atoms with Gasteiger partial charge in [0.05, 0.1) is 6.54 Å². The molecule has 0 spiro atoms. The maximum absolute atomic E-state index is 11.7. The zero-order valence-corrected chi connectivity index (χ0v) is 15.6. The highest BCUT2D eigenvalue weighted by molar-refractivity contribution is 9.11. The number of likely N-dealkylation sites (N-methyl/N-ethyl adjacent to an activating group) is 1. The standard InChI is InChI=1S/C15H21Br2N3O/c1-19(2)15(21)10-20-7-5-12(6-8-20)18-14-9-11(16)3-4-13(14)17/h3-4,9,12,18H,5-8,10H2,1-2H3. The molecule has 1 aromatic rings. The van der Waals surface area contributed by atoms with Crippen LogP contribution in [0.1, 0.15) is 12.8 Å². The van der Waals surface area contributed by atoms with E-state index in [9.17, 15) is 4.79 Å². The van der Waals surface area contributed by atoms with Crippen LogP contribution in [0.25, 0.3) is 0 Å². The first-order valence-electron chi connectivity index (χ1n) is 7.10.